The second-order valence-corrected chi connectivity index (χ2v) is 6.96. The average Bonchev–Trinajstić information content (AvgIpc) is 3.44. The van der Waals surface area contributed by atoms with Crippen LogP contribution in [0.5, 0.6) is 0 Å². The normalized spacial score (nSPS) is 20.4. The molecular formula is C18H30N6. The molecule has 1 aliphatic heterocycles. The molecule has 132 valence electrons. The van der Waals surface area contributed by atoms with E-state index in [0.717, 1.165) is 50.4 Å². The zero-order valence-corrected chi connectivity index (χ0v) is 15.1. The van der Waals surface area contributed by atoms with Gasteiger partial charge in [-0.1, -0.05) is 6.07 Å². The third kappa shape index (κ3) is 4.17. The maximum absolute atomic E-state index is 4.50. The van der Waals surface area contributed by atoms with E-state index in [0.29, 0.717) is 6.04 Å². The van der Waals surface area contributed by atoms with Gasteiger partial charge in [0, 0.05) is 52.0 Å². The van der Waals surface area contributed by atoms with Crippen LogP contribution in [0.2, 0.25) is 0 Å². The largest absolute Gasteiger partial charge is 0.355 e. The molecule has 0 bridgehead atoms. The van der Waals surface area contributed by atoms with E-state index >= 15 is 0 Å². The summed E-state index contributed by atoms with van der Waals surface area (Å²) in [5, 5.41) is 3.60. The fourth-order valence-electron chi connectivity index (χ4n) is 3.47. The molecule has 1 atom stereocenters. The number of hydrogen-bond donors (Lipinski definition) is 1. The summed E-state index contributed by atoms with van der Waals surface area (Å²) in [4.78, 5) is 16.0. The van der Waals surface area contributed by atoms with Crippen LogP contribution in [0.3, 0.4) is 0 Å². The predicted octanol–water partition coefficient (Wildman–Crippen LogP) is 1.12. The highest BCUT2D eigenvalue weighted by Crippen LogP contribution is 2.34. The fourth-order valence-corrected chi connectivity index (χ4v) is 3.47. The smallest absolute Gasteiger partial charge is 0.193 e. The first-order valence-electron chi connectivity index (χ1n) is 8.97. The molecular weight excluding hydrogens is 300 g/mol. The zero-order chi connectivity index (χ0) is 16.9. The number of rotatable bonds is 5. The Bertz CT molecular complexity index is 530. The van der Waals surface area contributed by atoms with Crippen molar-refractivity contribution in [3.05, 3.63) is 24.4 Å². The van der Waals surface area contributed by atoms with E-state index < -0.39 is 0 Å². The minimum absolute atomic E-state index is 0.608. The minimum Gasteiger partial charge on any atom is -0.355 e. The molecule has 24 heavy (non-hydrogen) atoms. The van der Waals surface area contributed by atoms with Gasteiger partial charge < -0.3 is 20.0 Å². The lowest BCUT2D eigenvalue weighted by Crippen LogP contribution is -2.54. The zero-order valence-electron chi connectivity index (χ0n) is 15.1. The van der Waals surface area contributed by atoms with Crippen LogP contribution in [0.1, 0.15) is 12.8 Å². The number of likely N-dealkylation sites (N-methyl/N-ethyl adjacent to an activating group) is 1. The van der Waals surface area contributed by atoms with E-state index in [1.54, 1.807) is 0 Å². The Morgan fingerprint density at radius 2 is 2.04 bits per heavy atom. The summed E-state index contributed by atoms with van der Waals surface area (Å²) in [5.74, 6) is 2.95. The summed E-state index contributed by atoms with van der Waals surface area (Å²) in [6.07, 6.45) is 4.60. The van der Waals surface area contributed by atoms with Crippen LogP contribution in [-0.2, 0) is 0 Å². The molecule has 1 aliphatic carbocycles. The molecule has 6 heteroatoms. The number of piperazine rings is 1. The van der Waals surface area contributed by atoms with Gasteiger partial charge in [0.2, 0.25) is 0 Å². The first kappa shape index (κ1) is 17.0. The molecule has 0 radical (unpaired) electrons. The van der Waals surface area contributed by atoms with Crippen molar-refractivity contribution in [2.24, 2.45) is 10.9 Å². The number of nitrogens with zero attached hydrogens (tertiary/aromatic N) is 5. The Labute approximate surface area is 145 Å². The maximum Gasteiger partial charge on any atom is 0.193 e. The van der Waals surface area contributed by atoms with Crippen molar-refractivity contribution in [1.82, 2.24) is 20.1 Å². The first-order valence-corrected chi connectivity index (χ1v) is 8.97. The van der Waals surface area contributed by atoms with Gasteiger partial charge in [-0.2, -0.15) is 0 Å². The maximum atomic E-state index is 4.50. The summed E-state index contributed by atoms with van der Waals surface area (Å²) >= 11 is 0. The van der Waals surface area contributed by atoms with Gasteiger partial charge in [0.1, 0.15) is 5.82 Å². The lowest BCUT2D eigenvalue weighted by Gasteiger charge is -2.37. The number of hydrogen-bond acceptors (Lipinski definition) is 4. The van der Waals surface area contributed by atoms with Crippen molar-refractivity contribution in [3.63, 3.8) is 0 Å². The van der Waals surface area contributed by atoms with E-state index in [1.165, 1.54) is 12.8 Å². The molecule has 1 saturated heterocycles. The summed E-state index contributed by atoms with van der Waals surface area (Å²) in [6.45, 7) is 4.90. The molecule has 0 aromatic carbocycles. The Hall–Kier alpha value is -1.82. The van der Waals surface area contributed by atoms with Gasteiger partial charge in [-0.15, -0.1) is 0 Å². The number of guanidine groups is 1. The van der Waals surface area contributed by atoms with Crippen LogP contribution in [-0.4, -0.2) is 80.7 Å². The molecule has 0 amide bonds. The molecule has 3 rings (SSSR count). The monoisotopic (exact) mass is 330 g/mol. The van der Waals surface area contributed by atoms with Crippen molar-refractivity contribution >= 4 is 11.8 Å². The predicted molar refractivity (Wildman–Crippen MR) is 99.6 cm³/mol. The van der Waals surface area contributed by atoms with Crippen LogP contribution >= 0.6 is 0 Å². The van der Waals surface area contributed by atoms with Crippen molar-refractivity contribution < 1.29 is 0 Å². The number of pyridine rings is 1. The second kappa shape index (κ2) is 7.83. The lowest BCUT2D eigenvalue weighted by molar-refractivity contribution is 0.260. The van der Waals surface area contributed by atoms with Crippen molar-refractivity contribution in [1.29, 1.82) is 0 Å². The van der Waals surface area contributed by atoms with Crippen LogP contribution < -0.4 is 10.2 Å². The Kier molecular flexibility index (Phi) is 5.56. The Morgan fingerprint density at radius 1 is 1.29 bits per heavy atom. The van der Waals surface area contributed by atoms with Gasteiger partial charge in [0.05, 0.1) is 0 Å². The lowest BCUT2D eigenvalue weighted by atomic mass is 10.1. The van der Waals surface area contributed by atoms with E-state index in [1.807, 2.05) is 19.3 Å². The quantitative estimate of drug-likeness (QED) is 0.648. The Balaban J connectivity index is 1.50. The summed E-state index contributed by atoms with van der Waals surface area (Å²) in [5.41, 5.74) is 0. The highest BCUT2D eigenvalue weighted by molar-refractivity contribution is 5.80. The van der Waals surface area contributed by atoms with Gasteiger partial charge in [-0.25, -0.2) is 4.98 Å². The third-order valence-corrected chi connectivity index (χ3v) is 5.06. The molecule has 1 aromatic rings. The highest BCUT2D eigenvalue weighted by atomic mass is 15.4. The van der Waals surface area contributed by atoms with Crippen molar-refractivity contribution in [2.75, 3.05) is 58.8 Å². The molecule has 6 nitrogen and oxygen atoms in total. The number of aromatic nitrogens is 1. The molecule has 1 saturated carbocycles. The second-order valence-electron chi connectivity index (χ2n) is 6.96. The molecule has 2 fully saturated rings. The van der Waals surface area contributed by atoms with E-state index in [-0.39, 0.29) is 0 Å². The molecule has 2 aliphatic rings. The standard InChI is InChI=1S/C18H30N6/c1-19-18(21-14-16(22(2)3)15-7-8-15)24-12-10-23(11-13-24)17-6-4-5-9-20-17/h4-6,9,15-16H,7-8,10-14H2,1-3H3,(H,19,21). The van der Waals surface area contributed by atoms with Gasteiger partial charge in [-0.3, -0.25) is 4.99 Å². The summed E-state index contributed by atoms with van der Waals surface area (Å²) < 4.78 is 0. The first-order chi connectivity index (χ1) is 11.7. The van der Waals surface area contributed by atoms with Crippen molar-refractivity contribution in [2.45, 2.75) is 18.9 Å². The number of nitrogens with one attached hydrogen (secondary N) is 1. The molecule has 1 unspecified atom stereocenters. The molecule has 1 N–H and O–H groups in total. The topological polar surface area (TPSA) is 47.0 Å². The average molecular weight is 330 g/mol. The van der Waals surface area contributed by atoms with E-state index in [2.05, 4.69) is 56.2 Å². The Morgan fingerprint density at radius 3 is 2.58 bits per heavy atom. The van der Waals surface area contributed by atoms with Gasteiger partial charge in [0.25, 0.3) is 0 Å². The minimum atomic E-state index is 0.608. The van der Waals surface area contributed by atoms with Gasteiger partial charge in [-0.05, 0) is 45.0 Å². The van der Waals surface area contributed by atoms with Crippen molar-refractivity contribution in [3.8, 4) is 0 Å². The van der Waals surface area contributed by atoms with Gasteiger partial charge >= 0.3 is 0 Å². The number of anilines is 1. The highest BCUT2D eigenvalue weighted by Gasteiger charge is 2.32. The van der Waals surface area contributed by atoms with Crippen LogP contribution in [0, 0.1) is 5.92 Å². The molecule has 2 heterocycles. The summed E-state index contributed by atoms with van der Waals surface area (Å²) in [6, 6.07) is 6.71. The van der Waals surface area contributed by atoms with Crippen LogP contribution in [0.25, 0.3) is 0 Å². The summed E-state index contributed by atoms with van der Waals surface area (Å²) in [7, 11) is 6.24. The van der Waals surface area contributed by atoms with Gasteiger partial charge in [0.15, 0.2) is 5.96 Å². The molecule has 0 spiro atoms. The van der Waals surface area contributed by atoms with E-state index in [9.17, 15) is 0 Å². The third-order valence-electron chi connectivity index (χ3n) is 5.06. The molecule has 1 aromatic heterocycles. The number of aliphatic imine (C=N–C) groups is 1. The van der Waals surface area contributed by atoms with E-state index in [4.69, 9.17) is 0 Å². The SMILES string of the molecule is CN=C(NCC(C1CC1)N(C)C)N1CCN(c2ccccn2)CC1. The fraction of sp³-hybridized carbons (Fsp3) is 0.667. The van der Waals surface area contributed by atoms with Crippen LogP contribution in [0.4, 0.5) is 5.82 Å². The van der Waals surface area contributed by atoms with Crippen LogP contribution in [0.15, 0.2) is 29.4 Å².